The monoisotopic (exact) mass is 401 g/mol. The normalized spacial score (nSPS) is 17.1. The van der Waals surface area contributed by atoms with Gasteiger partial charge in [0.1, 0.15) is 0 Å². The number of anilines is 2. The summed E-state index contributed by atoms with van der Waals surface area (Å²) in [5.41, 5.74) is 2.12. The van der Waals surface area contributed by atoms with Gasteiger partial charge in [0, 0.05) is 36.1 Å². The van der Waals surface area contributed by atoms with Crippen LogP contribution in [0.4, 0.5) is 11.4 Å². The molecule has 0 aromatic heterocycles. The molecule has 1 aliphatic rings. The van der Waals surface area contributed by atoms with Crippen molar-refractivity contribution < 1.29 is 13.2 Å². The number of rotatable bonds is 6. The molecule has 0 saturated carbocycles. The van der Waals surface area contributed by atoms with Crippen molar-refractivity contribution in [1.82, 2.24) is 4.72 Å². The summed E-state index contributed by atoms with van der Waals surface area (Å²) in [6.07, 6.45) is 1.20. The smallest absolute Gasteiger partial charge is 0.255 e. The molecule has 6 nitrogen and oxygen atoms in total. The van der Waals surface area contributed by atoms with Crippen LogP contribution in [-0.2, 0) is 10.0 Å². The number of nitrogens with zero attached hydrogens (tertiary/aromatic N) is 1. The summed E-state index contributed by atoms with van der Waals surface area (Å²) in [6.45, 7) is 7.86. The van der Waals surface area contributed by atoms with Gasteiger partial charge < -0.3 is 10.2 Å². The maximum absolute atomic E-state index is 12.6. The molecule has 1 saturated heterocycles. The Hall–Kier alpha value is -2.38. The molecule has 28 heavy (non-hydrogen) atoms. The maximum Gasteiger partial charge on any atom is 0.255 e. The van der Waals surface area contributed by atoms with Crippen LogP contribution in [0.5, 0.6) is 0 Å². The van der Waals surface area contributed by atoms with Crippen LogP contribution in [0.2, 0.25) is 0 Å². The summed E-state index contributed by atoms with van der Waals surface area (Å²) >= 11 is 0. The van der Waals surface area contributed by atoms with E-state index in [2.05, 4.69) is 21.9 Å². The summed E-state index contributed by atoms with van der Waals surface area (Å²) in [5, 5.41) is 2.83. The van der Waals surface area contributed by atoms with E-state index in [0.29, 0.717) is 17.2 Å². The van der Waals surface area contributed by atoms with Crippen molar-refractivity contribution >= 4 is 27.3 Å². The van der Waals surface area contributed by atoms with Crippen molar-refractivity contribution in [1.29, 1.82) is 0 Å². The van der Waals surface area contributed by atoms with Crippen LogP contribution in [0, 0.1) is 5.92 Å². The average Bonchev–Trinajstić information content (AvgIpc) is 3.08. The first-order valence-electron chi connectivity index (χ1n) is 9.53. The number of carbonyl (C=O) groups excluding carboxylic acids is 1. The van der Waals surface area contributed by atoms with E-state index >= 15 is 0 Å². The minimum Gasteiger partial charge on any atom is -0.371 e. The van der Waals surface area contributed by atoms with Gasteiger partial charge in [0.15, 0.2) is 0 Å². The Bertz CT molecular complexity index is 940. The van der Waals surface area contributed by atoms with Crippen LogP contribution in [0.3, 0.4) is 0 Å². The van der Waals surface area contributed by atoms with Gasteiger partial charge in [0.2, 0.25) is 10.0 Å². The van der Waals surface area contributed by atoms with E-state index in [9.17, 15) is 13.2 Å². The van der Waals surface area contributed by atoms with Gasteiger partial charge in [0.05, 0.1) is 4.90 Å². The molecular formula is C21H27N3O3S. The Morgan fingerprint density at radius 1 is 1.14 bits per heavy atom. The van der Waals surface area contributed by atoms with E-state index in [1.54, 1.807) is 26.0 Å². The highest BCUT2D eigenvalue weighted by Crippen LogP contribution is 2.25. The molecule has 0 spiro atoms. The van der Waals surface area contributed by atoms with Gasteiger partial charge in [-0.15, -0.1) is 0 Å². The van der Waals surface area contributed by atoms with Crippen molar-refractivity contribution in [3.63, 3.8) is 0 Å². The second-order valence-electron chi connectivity index (χ2n) is 7.64. The number of benzene rings is 2. The van der Waals surface area contributed by atoms with Crippen molar-refractivity contribution in [2.75, 3.05) is 23.3 Å². The number of sulfonamides is 1. The lowest BCUT2D eigenvalue weighted by Gasteiger charge is -2.18. The SMILES string of the molecule is CC1CCN(c2ccc(NC(=O)c3cccc(S(=O)(=O)NC(C)C)c3)cc2)C1. The Morgan fingerprint density at radius 2 is 1.86 bits per heavy atom. The summed E-state index contributed by atoms with van der Waals surface area (Å²) in [5.74, 6) is 0.359. The van der Waals surface area contributed by atoms with Crippen molar-refractivity contribution in [2.24, 2.45) is 5.92 Å². The Morgan fingerprint density at radius 3 is 2.46 bits per heavy atom. The molecule has 0 aliphatic carbocycles. The highest BCUT2D eigenvalue weighted by atomic mass is 32.2. The molecule has 2 aromatic carbocycles. The van der Waals surface area contributed by atoms with Gasteiger partial charge in [-0.05, 0) is 68.7 Å². The molecule has 7 heteroatoms. The fourth-order valence-corrected chi connectivity index (χ4v) is 4.61. The third-order valence-electron chi connectivity index (χ3n) is 4.71. The molecule has 150 valence electrons. The number of carbonyl (C=O) groups is 1. The Balaban J connectivity index is 1.70. The molecule has 3 rings (SSSR count). The van der Waals surface area contributed by atoms with Crippen LogP contribution >= 0.6 is 0 Å². The van der Waals surface area contributed by atoms with Gasteiger partial charge in [-0.3, -0.25) is 4.79 Å². The van der Waals surface area contributed by atoms with Gasteiger partial charge in [-0.25, -0.2) is 13.1 Å². The first kappa shape index (κ1) is 20.4. The van der Waals surface area contributed by atoms with E-state index in [1.165, 1.54) is 18.6 Å². The predicted molar refractivity (Wildman–Crippen MR) is 112 cm³/mol. The number of amides is 1. The van der Waals surface area contributed by atoms with Gasteiger partial charge in [-0.1, -0.05) is 13.0 Å². The molecule has 1 fully saturated rings. The van der Waals surface area contributed by atoms with E-state index in [-0.39, 0.29) is 16.8 Å². The zero-order valence-corrected chi connectivity index (χ0v) is 17.3. The van der Waals surface area contributed by atoms with Crippen LogP contribution in [0.15, 0.2) is 53.4 Å². The largest absolute Gasteiger partial charge is 0.371 e. The molecule has 1 heterocycles. The van der Waals surface area contributed by atoms with E-state index in [4.69, 9.17) is 0 Å². The van der Waals surface area contributed by atoms with E-state index < -0.39 is 10.0 Å². The third-order valence-corrected chi connectivity index (χ3v) is 6.37. The molecule has 1 amide bonds. The summed E-state index contributed by atoms with van der Waals surface area (Å²) in [4.78, 5) is 15.0. The molecule has 2 N–H and O–H groups in total. The first-order chi connectivity index (χ1) is 13.2. The maximum atomic E-state index is 12.6. The average molecular weight is 402 g/mol. The zero-order chi connectivity index (χ0) is 20.3. The summed E-state index contributed by atoms with van der Waals surface area (Å²) < 4.78 is 27.2. The predicted octanol–water partition coefficient (Wildman–Crippen LogP) is 3.47. The van der Waals surface area contributed by atoms with Crippen molar-refractivity contribution in [3.05, 3.63) is 54.1 Å². The quantitative estimate of drug-likeness (QED) is 0.777. The first-order valence-corrected chi connectivity index (χ1v) is 11.0. The van der Waals surface area contributed by atoms with E-state index in [1.807, 2.05) is 24.3 Å². The second kappa shape index (κ2) is 8.32. The van der Waals surface area contributed by atoms with Crippen molar-refractivity contribution in [3.8, 4) is 0 Å². The standard InChI is InChI=1S/C21H27N3O3S/c1-15(2)23-28(26,27)20-6-4-5-17(13-20)21(25)22-18-7-9-19(10-8-18)24-12-11-16(3)14-24/h4-10,13,15-16,23H,11-12,14H2,1-3H3,(H,22,25). The zero-order valence-electron chi connectivity index (χ0n) is 16.5. The lowest BCUT2D eigenvalue weighted by atomic mass is 10.2. The number of hydrogen-bond donors (Lipinski definition) is 2. The van der Waals surface area contributed by atoms with Crippen molar-refractivity contribution in [2.45, 2.75) is 38.1 Å². The van der Waals surface area contributed by atoms with Crippen LogP contribution in [0.1, 0.15) is 37.6 Å². The van der Waals surface area contributed by atoms with Gasteiger partial charge in [0.25, 0.3) is 5.91 Å². The van der Waals surface area contributed by atoms with E-state index in [0.717, 1.165) is 18.8 Å². The Labute approximate surface area is 167 Å². The number of nitrogens with one attached hydrogen (secondary N) is 2. The molecule has 1 aliphatic heterocycles. The molecule has 1 unspecified atom stereocenters. The lowest BCUT2D eigenvalue weighted by Crippen LogP contribution is -2.30. The Kier molecular flexibility index (Phi) is 6.05. The molecular weight excluding hydrogens is 374 g/mol. The van der Waals surface area contributed by atoms with Gasteiger partial charge in [-0.2, -0.15) is 0 Å². The fourth-order valence-electron chi connectivity index (χ4n) is 3.31. The highest BCUT2D eigenvalue weighted by Gasteiger charge is 2.19. The lowest BCUT2D eigenvalue weighted by molar-refractivity contribution is 0.102. The molecule has 0 radical (unpaired) electrons. The highest BCUT2D eigenvalue weighted by molar-refractivity contribution is 7.89. The summed E-state index contributed by atoms with van der Waals surface area (Å²) in [7, 11) is -3.64. The topological polar surface area (TPSA) is 78.5 Å². The van der Waals surface area contributed by atoms with Crippen LogP contribution < -0.4 is 14.9 Å². The van der Waals surface area contributed by atoms with Gasteiger partial charge >= 0.3 is 0 Å². The molecule has 2 aromatic rings. The molecule has 1 atom stereocenters. The van der Waals surface area contributed by atoms with Crippen LogP contribution in [0.25, 0.3) is 0 Å². The third kappa shape index (κ3) is 4.91. The minimum absolute atomic E-state index is 0.0763. The summed E-state index contributed by atoms with van der Waals surface area (Å²) in [6, 6.07) is 13.6. The molecule has 0 bridgehead atoms. The minimum atomic E-state index is -3.64. The van der Waals surface area contributed by atoms with Crippen LogP contribution in [-0.4, -0.2) is 33.5 Å². The fraction of sp³-hybridized carbons (Fsp3) is 0.381. The second-order valence-corrected chi connectivity index (χ2v) is 9.36. The number of hydrogen-bond acceptors (Lipinski definition) is 4.